The highest BCUT2D eigenvalue weighted by Gasteiger charge is 2.30. The maximum Gasteiger partial charge on any atom is 0.341 e. The summed E-state index contributed by atoms with van der Waals surface area (Å²) in [5, 5.41) is 4.37. The van der Waals surface area contributed by atoms with Crippen LogP contribution < -0.4 is 14.8 Å². The maximum absolute atomic E-state index is 13.8. The second kappa shape index (κ2) is 10.1. The zero-order valence-electron chi connectivity index (χ0n) is 21.3. The molecule has 4 aromatic rings. The normalized spacial score (nSPS) is 15.8. The standard InChI is InChI=1S/C30H28N2O5S/c1-3-17-9-11-20-26(13-17)38-29(27(20)30(34)35-4-2)32-28(33)21-15-23(31-22-8-6-5-7-19(21)22)18-10-12-24-25(14-18)37-16-36-24/h5-8,10,12,14-15,17H,3-4,9,11,13,16H2,1-2H3,(H,32,33). The summed E-state index contributed by atoms with van der Waals surface area (Å²) in [5.74, 6) is 1.26. The van der Waals surface area contributed by atoms with Gasteiger partial charge in [-0.25, -0.2) is 9.78 Å². The number of nitrogens with zero attached hydrogens (tertiary/aromatic N) is 1. The minimum atomic E-state index is -0.379. The molecule has 0 bridgehead atoms. The van der Waals surface area contributed by atoms with Gasteiger partial charge in [0.05, 0.1) is 28.9 Å². The molecule has 1 aliphatic heterocycles. The second-order valence-electron chi connectivity index (χ2n) is 9.54. The fourth-order valence-electron chi connectivity index (χ4n) is 5.25. The number of hydrogen-bond acceptors (Lipinski definition) is 7. The zero-order chi connectivity index (χ0) is 26.2. The van der Waals surface area contributed by atoms with Gasteiger partial charge in [-0.1, -0.05) is 31.5 Å². The number of hydrogen-bond donors (Lipinski definition) is 1. The Labute approximate surface area is 224 Å². The molecule has 0 saturated heterocycles. The number of fused-ring (bicyclic) bond motifs is 3. The minimum Gasteiger partial charge on any atom is -0.462 e. The van der Waals surface area contributed by atoms with Crippen molar-refractivity contribution in [1.82, 2.24) is 4.98 Å². The summed E-state index contributed by atoms with van der Waals surface area (Å²) >= 11 is 1.50. The van der Waals surface area contributed by atoms with Crippen LogP contribution in [0.4, 0.5) is 5.00 Å². The van der Waals surface area contributed by atoms with E-state index < -0.39 is 0 Å². The van der Waals surface area contributed by atoms with E-state index in [0.29, 0.717) is 44.8 Å². The molecule has 1 amide bonds. The van der Waals surface area contributed by atoms with E-state index in [0.717, 1.165) is 42.2 Å². The number of thiophene rings is 1. The molecule has 194 valence electrons. The van der Waals surface area contributed by atoms with Crippen molar-refractivity contribution in [2.24, 2.45) is 5.92 Å². The molecule has 2 aromatic heterocycles. The van der Waals surface area contributed by atoms with Crippen molar-refractivity contribution in [3.05, 3.63) is 70.1 Å². The first-order valence-corrected chi connectivity index (χ1v) is 13.8. The van der Waals surface area contributed by atoms with Gasteiger partial charge < -0.3 is 19.5 Å². The smallest absolute Gasteiger partial charge is 0.341 e. The Morgan fingerprint density at radius 2 is 1.95 bits per heavy atom. The van der Waals surface area contributed by atoms with Gasteiger partial charge in [0.2, 0.25) is 6.79 Å². The zero-order valence-corrected chi connectivity index (χ0v) is 22.2. The average molecular weight is 529 g/mol. The Morgan fingerprint density at radius 3 is 2.79 bits per heavy atom. The van der Waals surface area contributed by atoms with Crippen LogP contribution in [0.1, 0.15) is 57.8 Å². The number of carbonyl (C=O) groups excluding carboxylic acids is 2. The van der Waals surface area contributed by atoms with Crippen molar-refractivity contribution in [2.75, 3.05) is 18.7 Å². The van der Waals surface area contributed by atoms with Gasteiger partial charge in [0.1, 0.15) is 5.00 Å². The molecule has 1 unspecified atom stereocenters. The highest BCUT2D eigenvalue weighted by Crippen LogP contribution is 2.41. The van der Waals surface area contributed by atoms with E-state index in [4.69, 9.17) is 19.2 Å². The fourth-order valence-corrected chi connectivity index (χ4v) is 6.59. The maximum atomic E-state index is 13.8. The number of benzene rings is 2. The van der Waals surface area contributed by atoms with Gasteiger partial charge >= 0.3 is 5.97 Å². The molecular formula is C30H28N2O5S. The van der Waals surface area contributed by atoms with E-state index in [2.05, 4.69) is 12.2 Å². The van der Waals surface area contributed by atoms with Crippen LogP contribution >= 0.6 is 11.3 Å². The summed E-state index contributed by atoms with van der Waals surface area (Å²) in [6.07, 6.45) is 3.87. The predicted molar refractivity (Wildman–Crippen MR) is 147 cm³/mol. The molecule has 38 heavy (non-hydrogen) atoms. The molecule has 1 aliphatic carbocycles. The van der Waals surface area contributed by atoms with E-state index in [1.165, 1.54) is 16.2 Å². The van der Waals surface area contributed by atoms with Crippen molar-refractivity contribution in [1.29, 1.82) is 0 Å². The largest absolute Gasteiger partial charge is 0.462 e. The molecule has 0 spiro atoms. The average Bonchev–Trinajstić information content (AvgIpc) is 3.55. The van der Waals surface area contributed by atoms with Crippen LogP contribution in [0.25, 0.3) is 22.2 Å². The molecular weight excluding hydrogens is 500 g/mol. The number of nitrogens with one attached hydrogen (secondary N) is 1. The number of rotatable bonds is 6. The summed E-state index contributed by atoms with van der Waals surface area (Å²) in [6, 6.07) is 15.0. The molecule has 1 N–H and O–H groups in total. The van der Waals surface area contributed by atoms with Gasteiger partial charge in [-0.2, -0.15) is 0 Å². The lowest BCUT2D eigenvalue weighted by Gasteiger charge is -2.20. The lowest BCUT2D eigenvalue weighted by Crippen LogP contribution is -2.17. The van der Waals surface area contributed by atoms with Gasteiger partial charge in [-0.3, -0.25) is 4.79 Å². The van der Waals surface area contributed by atoms with Crippen LogP contribution in [0.5, 0.6) is 11.5 Å². The number of amides is 1. The number of ether oxygens (including phenoxy) is 3. The first kappa shape index (κ1) is 24.4. The fraction of sp³-hybridized carbons (Fsp3) is 0.300. The quantitative estimate of drug-likeness (QED) is 0.283. The first-order chi connectivity index (χ1) is 18.6. The Kier molecular flexibility index (Phi) is 6.49. The van der Waals surface area contributed by atoms with Crippen molar-refractivity contribution < 1.29 is 23.8 Å². The monoisotopic (exact) mass is 528 g/mol. The minimum absolute atomic E-state index is 0.185. The highest BCUT2D eigenvalue weighted by atomic mass is 32.1. The SMILES string of the molecule is CCOC(=O)c1c(NC(=O)c2cc(-c3ccc4c(c3)OCO4)nc3ccccc23)sc2c1CCC(CC)C2. The number of aromatic nitrogens is 1. The Balaban J connectivity index is 1.40. The molecule has 2 aliphatic rings. The first-order valence-electron chi connectivity index (χ1n) is 13.0. The molecule has 0 radical (unpaired) electrons. The Bertz CT molecular complexity index is 1560. The second-order valence-corrected chi connectivity index (χ2v) is 10.6. The van der Waals surface area contributed by atoms with Gasteiger partial charge in [0.15, 0.2) is 11.5 Å². The van der Waals surface area contributed by atoms with Crippen molar-refractivity contribution in [3.8, 4) is 22.8 Å². The number of esters is 1. The third-order valence-electron chi connectivity index (χ3n) is 7.28. The Hall–Kier alpha value is -3.91. The molecule has 3 heterocycles. The third kappa shape index (κ3) is 4.39. The van der Waals surface area contributed by atoms with Gasteiger partial charge in [-0.05, 0) is 68.0 Å². The highest BCUT2D eigenvalue weighted by molar-refractivity contribution is 7.17. The molecule has 2 aromatic carbocycles. The molecule has 7 nitrogen and oxygen atoms in total. The molecule has 8 heteroatoms. The van der Waals surface area contributed by atoms with Crippen molar-refractivity contribution >= 4 is 39.1 Å². The van der Waals surface area contributed by atoms with Crippen LogP contribution in [-0.2, 0) is 17.6 Å². The van der Waals surface area contributed by atoms with Gasteiger partial charge in [0, 0.05) is 15.8 Å². The molecule has 0 fully saturated rings. The van der Waals surface area contributed by atoms with Crippen molar-refractivity contribution in [2.45, 2.75) is 39.5 Å². The van der Waals surface area contributed by atoms with Gasteiger partial charge in [-0.15, -0.1) is 11.3 Å². The lowest BCUT2D eigenvalue weighted by atomic mass is 9.85. The summed E-state index contributed by atoms with van der Waals surface area (Å²) in [6.45, 7) is 4.46. The van der Waals surface area contributed by atoms with E-state index in [-0.39, 0.29) is 25.3 Å². The predicted octanol–water partition coefficient (Wildman–Crippen LogP) is 6.64. The van der Waals surface area contributed by atoms with Gasteiger partial charge in [0.25, 0.3) is 5.91 Å². The van der Waals surface area contributed by atoms with E-state index >= 15 is 0 Å². The molecule has 6 rings (SSSR count). The number of carbonyl (C=O) groups is 2. The molecule has 0 saturated carbocycles. The number of para-hydroxylation sites is 1. The summed E-state index contributed by atoms with van der Waals surface area (Å²) in [5.41, 5.74) is 4.18. The lowest BCUT2D eigenvalue weighted by molar-refractivity contribution is 0.0526. The van der Waals surface area contributed by atoms with E-state index in [9.17, 15) is 9.59 Å². The topological polar surface area (TPSA) is 86.8 Å². The van der Waals surface area contributed by atoms with E-state index in [1.54, 1.807) is 13.0 Å². The number of pyridine rings is 1. The van der Waals surface area contributed by atoms with Crippen molar-refractivity contribution in [3.63, 3.8) is 0 Å². The van der Waals surface area contributed by atoms with Crippen LogP contribution in [0.3, 0.4) is 0 Å². The summed E-state index contributed by atoms with van der Waals surface area (Å²) in [4.78, 5) is 32.8. The van der Waals surface area contributed by atoms with Crippen LogP contribution in [0.15, 0.2) is 48.5 Å². The summed E-state index contributed by atoms with van der Waals surface area (Å²) in [7, 11) is 0. The number of anilines is 1. The third-order valence-corrected chi connectivity index (χ3v) is 8.45. The van der Waals surface area contributed by atoms with Crippen LogP contribution in [-0.4, -0.2) is 30.3 Å². The van der Waals surface area contributed by atoms with Crippen LogP contribution in [0.2, 0.25) is 0 Å². The molecule has 1 atom stereocenters. The Morgan fingerprint density at radius 1 is 1.11 bits per heavy atom. The van der Waals surface area contributed by atoms with Crippen LogP contribution in [0, 0.1) is 5.92 Å². The van der Waals surface area contributed by atoms with E-state index in [1.807, 2.05) is 42.5 Å². The summed E-state index contributed by atoms with van der Waals surface area (Å²) < 4.78 is 16.4.